The van der Waals surface area contributed by atoms with Crippen molar-refractivity contribution in [3.05, 3.63) is 54.1 Å². The van der Waals surface area contributed by atoms with Gasteiger partial charge in [0.25, 0.3) is 0 Å². The molecule has 0 radical (unpaired) electrons. The molecule has 0 N–H and O–H groups in total. The van der Waals surface area contributed by atoms with Gasteiger partial charge in [-0.15, -0.1) is 0 Å². The summed E-state index contributed by atoms with van der Waals surface area (Å²) in [5.41, 5.74) is 1.39. The van der Waals surface area contributed by atoms with E-state index in [1.54, 1.807) is 18.6 Å². The Labute approximate surface area is 93.7 Å². The number of benzene rings is 1. The first-order chi connectivity index (χ1) is 7.90. The molecule has 78 valence electrons. The standard InChI is InChI=1S/C13H10N2O/c16-10-13-5-2-1-4-12(13)6-3-8-15-9-7-14-11-15/h1-2,4-5,7,9-11H,8H2. The van der Waals surface area contributed by atoms with Crippen LogP contribution in [0.15, 0.2) is 43.0 Å². The molecule has 0 aliphatic heterocycles. The summed E-state index contributed by atoms with van der Waals surface area (Å²) in [6.45, 7) is 0.577. The van der Waals surface area contributed by atoms with Crippen molar-refractivity contribution in [3.8, 4) is 11.8 Å². The molecular formula is C13H10N2O. The zero-order valence-electron chi connectivity index (χ0n) is 8.63. The van der Waals surface area contributed by atoms with E-state index in [4.69, 9.17) is 0 Å². The van der Waals surface area contributed by atoms with Gasteiger partial charge in [0.15, 0.2) is 6.29 Å². The molecule has 0 spiro atoms. The first kappa shape index (κ1) is 10.2. The van der Waals surface area contributed by atoms with Gasteiger partial charge in [-0.3, -0.25) is 4.79 Å². The molecule has 2 aromatic rings. The van der Waals surface area contributed by atoms with Crippen LogP contribution in [0.4, 0.5) is 0 Å². The second-order valence-electron chi connectivity index (χ2n) is 3.24. The summed E-state index contributed by atoms with van der Waals surface area (Å²) >= 11 is 0. The number of rotatable bonds is 2. The third kappa shape index (κ3) is 2.37. The maximum absolute atomic E-state index is 10.7. The summed E-state index contributed by atoms with van der Waals surface area (Å²) < 4.78 is 1.87. The molecule has 1 heterocycles. The molecule has 0 saturated heterocycles. The quantitative estimate of drug-likeness (QED) is 0.559. The van der Waals surface area contributed by atoms with Gasteiger partial charge in [0.1, 0.15) is 0 Å². The van der Waals surface area contributed by atoms with E-state index in [-0.39, 0.29) is 0 Å². The summed E-state index contributed by atoms with van der Waals surface area (Å²) in [6.07, 6.45) is 6.09. The maximum atomic E-state index is 10.7. The smallest absolute Gasteiger partial charge is 0.151 e. The number of aromatic nitrogens is 2. The summed E-state index contributed by atoms with van der Waals surface area (Å²) in [4.78, 5) is 14.7. The molecule has 1 aromatic heterocycles. The monoisotopic (exact) mass is 210 g/mol. The Kier molecular flexibility index (Phi) is 3.15. The van der Waals surface area contributed by atoms with Crippen molar-refractivity contribution in [1.29, 1.82) is 0 Å². The van der Waals surface area contributed by atoms with E-state index in [0.29, 0.717) is 12.1 Å². The van der Waals surface area contributed by atoms with Crippen LogP contribution in [0.2, 0.25) is 0 Å². The Balaban J connectivity index is 2.14. The van der Waals surface area contributed by atoms with Gasteiger partial charge in [0, 0.05) is 23.5 Å². The Morgan fingerprint density at radius 3 is 3.00 bits per heavy atom. The number of imidazole rings is 1. The van der Waals surface area contributed by atoms with Crippen LogP contribution < -0.4 is 0 Å². The summed E-state index contributed by atoms with van der Waals surface area (Å²) in [7, 11) is 0. The van der Waals surface area contributed by atoms with Crippen LogP contribution in [-0.4, -0.2) is 15.8 Å². The highest BCUT2D eigenvalue weighted by molar-refractivity contribution is 5.79. The molecule has 0 aliphatic carbocycles. The molecule has 1 aromatic carbocycles. The summed E-state index contributed by atoms with van der Waals surface area (Å²) in [6, 6.07) is 7.29. The molecule has 3 heteroatoms. The van der Waals surface area contributed by atoms with E-state index < -0.39 is 0 Å². The summed E-state index contributed by atoms with van der Waals surface area (Å²) in [5, 5.41) is 0. The Bertz CT molecular complexity index is 533. The van der Waals surface area contributed by atoms with Crippen LogP contribution >= 0.6 is 0 Å². The van der Waals surface area contributed by atoms with E-state index in [1.165, 1.54) is 0 Å². The molecule has 3 nitrogen and oxygen atoms in total. The first-order valence-corrected chi connectivity index (χ1v) is 4.89. The second-order valence-corrected chi connectivity index (χ2v) is 3.24. The normalized spacial score (nSPS) is 9.25. The predicted octanol–water partition coefficient (Wildman–Crippen LogP) is 1.75. The third-order valence-corrected chi connectivity index (χ3v) is 2.13. The molecule has 0 atom stereocenters. The van der Waals surface area contributed by atoms with Gasteiger partial charge in [0.05, 0.1) is 12.9 Å². The number of hydrogen-bond donors (Lipinski definition) is 0. The zero-order chi connectivity index (χ0) is 11.2. The van der Waals surface area contributed by atoms with Gasteiger partial charge in [-0.2, -0.15) is 0 Å². The largest absolute Gasteiger partial charge is 0.326 e. The average molecular weight is 210 g/mol. The predicted molar refractivity (Wildman–Crippen MR) is 60.9 cm³/mol. The van der Waals surface area contributed by atoms with Gasteiger partial charge >= 0.3 is 0 Å². The van der Waals surface area contributed by atoms with Crippen LogP contribution in [0.25, 0.3) is 0 Å². The zero-order valence-corrected chi connectivity index (χ0v) is 8.63. The molecule has 16 heavy (non-hydrogen) atoms. The van der Waals surface area contributed by atoms with Crippen molar-refractivity contribution < 1.29 is 4.79 Å². The minimum atomic E-state index is 0.577. The minimum absolute atomic E-state index is 0.577. The van der Waals surface area contributed by atoms with Crippen LogP contribution in [0.1, 0.15) is 15.9 Å². The number of hydrogen-bond acceptors (Lipinski definition) is 2. The Hall–Kier alpha value is -2.34. The lowest BCUT2D eigenvalue weighted by Crippen LogP contribution is -1.91. The third-order valence-electron chi connectivity index (χ3n) is 2.13. The van der Waals surface area contributed by atoms with E-state index in [1.807, 2.05) is 29.0 Å². The fourth-order valence-electron chi connectivity index (χ4n) is 1.32. The first-order valence-electron chi connectivity index (χ1n) is 4.89. The highest BCUT2D eigenvalue weighted by atomic mass is 16.1. The van der Waals surface area contributed by atoms with Gasteiger partial charge in [-0.05, 0) is 6.07 Å². The lowest BCUT2D eigenvalue weighted by atomic mass is 10.1. The molecule has 0 bridgehead atoms. The molecule has 0 saturated carbocycles. The average Bonchev–Trinajstić information content (AvgIpc) is 2.83. The van der Waals surface area contributed by atoms with E-state index >= 15 is 0 Å². The minimum Gasteiger partial charge on any atom is -0.326 e. The van der Waals surface area contributed by atoms with Crippen LogP contribution in [0.5, 0.6) is 0 Å². The number of aldehydes is 1. The van der Waals surface area contributed by atoms with E-state index in [0.717, 1.165) is 11.8 Å². The highest BCUT2D eigenvalue weighted by Crippen LogP contribution is 2.03. The van der Waals surface area contributed by atoms with Gasteiger partial charge < -0.3 is 4.57 Å². The topological polar surface area (TPSA) is 34.9 Å². The van der Waals surface area contributed by atoms with Crippen molar-refractivity contribution in [3.63, 3.8) is 0 Å². The fraction of sp³-hybridized carbons (Fsp3) is 0.0769. The van der Waals surface area contributed by atoms with Crippen molar-refractivity contribution in [2.75, 3.05) is 0 Å². The molecule has 0 unspecified atom stereocenters. The number of carbonyl (C=O) groups is 1. The molecule has 0 amide bonds. The maximum Gasteiger partial charge on any atom is 0.151 e. The van der Waals surface area contributed by atoms with Crippen molar-refractivity contribution >= 4 is 6.29 Å². The Morgan fingerprint density at radius 1 is 1.38 bits per heavy atom. The fourth-order valence-corrected chi connectivity index (χ4v) is 1.32. The van der Waals surface area contributed by atoms with Crippen molar-refractivity contribution in [2.24, 2.45) is 0 Å². The number of carbonyl (C=O) groups excluding carboxylic acids is 1. The van der Waals surface area contributed by atoms with Crippen LogP contribution in [0, 0.1) is 11.8 Å². The lowest BCUT2D eigenvalue weighted by molar-refractivity contribution is 0.112. The van der Waals surface area contributed by atoms with Gasteiger partial charge in [-0.25, -0.2) is 4.98 Å². The SMILES string of the molecule is O=Cc1ccccc1C#CCn1ccnc1. The molecule has 0 aliphatic rings. The van der Waals surface area contributed by atoms with Gasteiger partial charge in [0.2, 0.25) is 0 Å². The molecular weight excluding hydrogens is 200 g/mol. The molecule has 2 rings (SSSR count). The van der Waals surface area contributed by atoms with Gasteiger partial charge in [-0.1, -0.05) is 30.0 Å². The highest BCUT2D eigenvalue weighted by Gasteiger charge is 1.94. The van der Waals surface area contributed by atoms with E-state index in [2.05, 4.69) is 16.8 Å². The van der Waals surface area contributed by atoms with E-state index in [9.17, 15) is 4.79 Å². The summed E-state index contributed by atoms with van der Waals surface area (Å²) in [5.74, 6) is 5.97. The Morgan fingerprint density at radius 2 is 2.25 bits per heavy atom. The molecule has 0 fully saturated rings. The van der Waals surface area contributed by atoms with Crippen LogP contribution in [-0.2, 0) is 6.54 Å². The van der Waals surface area contributed by atoms with Crippen molar-refractivity contribution in [1.82, 2.24) is 9.55 Å². The number of nitrogens with zero attached hydrogens (tertiary/aromatic N) is 2. The van der Waals surface area contributed by atoms with Crippen LogP contribution in [0.3, 0.4) is 0 Å². The lowest BCUT2D eigenvalue weighted by Gasteiger charge is -1.94. The van der Waals surface area contributed by atoms with Crippen molar-refractivity contribution in [2.45, 2.75) is 6.54 Å². The second kappa shape index (κ2) is 4.94.